The Kier molecular flexibility index (Phi) is 4.21. The molecule has 3 N–H and O–H groups in total. The Morgan fingerprint density at radius 3 is 2.73 bits per heavy atom. The van der Waals surface area contributed by atoms with Crippen molar-refractivity contribution in [3.63, 3.8) is 0 Å². The van der Waals surface area contributed by atoms with Crippen molar-refractivity contribution < 1.29 is 9.90 Å². The second-order valence-electron chi connectivity index (χ2n) is 6.67. The van der Waals surface area contributed by atoms with Gasteiger partial charge in [-0.1, -0.05) is 19.1 Å². The summed E-state index contributed by atoms with van der Waals surface area (Å²) in [6.07, 6.45) is 4.89. The summed E-state index contributed by atoms with van der Waals surface area (Å²) in [5.74, 6) is -0.0633. The minimum Gasteiger partial charge on any atom is -0.477 e. The van der Waals surface area contributed by atoms with Gasteiger partial charge in [0, 0.05) is 29.1 Å². The van der Waals surface area contributed by atoms with Crippen LogP contribution in [0.25, 0.3) is 10.9 Å². The molecule has 22 heavy (non-hydrogen) atoms. The zero-order chi connectivity index (χ0) is 15.7. The molecule has 0 spiro atoms. The van der Waals surface area contributed by atoms with Gasteiger partial charge in [0.1, 0.15) is 5.69 Å². The number of aryl methyl sites for hydroxylation is 1. The number of hydrogen-bond acceptors (Lipinski definition) is 2. The number of rotatable bonds is 4. The summed E-state index contributed by atoms with van der Waals surface area (Å²) in [5, 5.41) is 14.0. The van der Waals surface area contributed by atoms with E-state index in [-0.39, 0.29) is 0 Å². The average Bonchev–Trinajstić information content (AvgIpc) is 2.84. The van der Waals surface area contributed by atoms with Crippen LogP contribution in [0.15, 0.2) is 18.2 Å². The monoisotopic (exact) mass is 300 g/mol. The molecule has 1 saturated carbocycles. The maximum absolute atomic E-state index is 11.5. The van der Waals surface area contributed by atoms with E-state index in [0.29, 0.717) is 18.3 Å². The first kappa shape index (κ1) is 15.1. The quantitative estimate of drug-likeness (QED) is 0.803. The highest BCUT2D eigenvalue weighted by molar-refractivity contribution is 5.97. The molecule has 0 unspecified atom stereocenters. The minimum absolute atomic E-state index is 0.317. The predicted molar refractivity (Wildman–Crippen MR) is 88.3 cm³/mol. The number of carboxylic acids is 1. The van der Waals surface area contributed by atoms with Crippen molar-refractivity contribution in [1.82, 2.24) is 10.3 Å². The van der Waals surface area contributed by atoms with E-state index in [1.54, 1.807) is 0 Å². The Morgan fingerprint density at radius 1 is 1.32 bits per heavy atom. The number of benzene rings is 1. The van der Waals surface area contributed by atoms with Crippen molar-refractivity contribution in [1.29, 1.82) is 0 Å². The Hall–Kier alpha value is -1.81. The van der Waals surface area contributed by atoms with Crippen LogP contribution in [0.3, 0.4) is 0 Å². The molecule has 3 rings (SSSR count). The van der Waals surface area contributed by atoms with Crippen LogP contribution in [0.1, 0.15) is 54.2 Å². The number of hydrogen-bond donors (Lipinski definition) is 3. The van der Waals surface area contributed by atoms with Crippen molar-refractivity contribution in [3.8, 4) is 0 Å². The summed E-state index contributed by atoms with van der Waals surface area (Å²) in [7, 11) is 0. The van der Waals surface area contributed by atoms with Crippen molar-refractivity contribution >= 4 is 16.9 Å². The molecule has 0 amide bonds. The summed E-state index contributed by atoms with van der Waals surface area (Å²) in [6, 6.07) is 6.57. The fourth-order valence-corrected chi connectivity index (χ4v) is 3.45. The number of carbonyl (C=O) groups is 1. The van der Waals surface area contributed by atoms with Crippen LogP contribution in [0.4, 0.5) is 0 Å². The highest BCUT2D eigenvalue weighted by atomic mass is 16.4. The number of H-pyrrole nitrogens is 1. The van der Waals surface area contributed by atoms with Crippen molar-refractivity contribution in [2.45, 2.75) is 52.1 Å². The normalized spacial score (nSPS) is 22.1. The number of nitrogens with one attached hydrogen (secondary N) is 2. The maximum atomic E-state index is 11.5. The molecule has 1 aromatic carbocycles. The smallest absolute Gasteiger partial charge is 0.352 e. The number of carboxylic acid groups (broad SMARTS) is 1. The third-order valence-electron chi connectivity index (χ3n) is 4.86. The van der Waals surface area contributed by atoms with Crippen LogP contribution >= 0.6 is 0 Å². The van der Waals surface area contributed by atoms with E-state index in [1.165, 1.54) is 25.7 Å². The van der Waals surface area contributed by atoms with E-state index in [2.05, 4.69) is 17.2 Å². The van der Waals surface area contributed by atoms with Crippen LogP contribution in [-0.2, 0) is 6.54 Å². The lowest BCUT2D eigenvalue weighted by atomic mass is 9.87. The van der Waals surface area contributed by atoms with Gasteiger partial charge in [-0.25, -0.2) is 4.79 Å². The molecule has 0 saturated heterocycles. The van der Waals surface area contributed by atoms with E-state index in [4.69, 9.17) is 0 Å². The van der Waals surface area contributed by atoms with Gasteiger partial charge < -0.3 is 15.4 Å². The molecule has 0 aliphatic heterocycles. The summed E-state index contributed by atoms with van der Waals surface area (Å²) in [5.41, 5.74) is 3.23. The lowest BCUT2D eigenvalue weighted by molar-refractivity contribution is 0.0690. The topological polar surface area (TPSA) is 65.1 Å². The van der Waals surface area contributed by atoms with Gasteiger partial charge in [0.25, 0.3) is 0 Å². The molecule has 1 fully saturated rings. The number of aromatic nitrogens is 1. The molecular formula is C18H24N2O2. The summed E-state index contributed by atoms with van der Waals surface area (Å²) in [4.78, 5) is 14.6. The fourth-order valence-electron chi connectivity index (χ4n) is 3.45. The van der Waals surface area contributed by atoms with Gasteiger partial charge in [-0.3, -0.25) is 0 Å². The Bertz CT molecular complexity index is 682. The van der Waals surface area contributed by atoms with Gasteiger partial charge >= 0.3 is 5.97 Å². The Morgan fingerprint density at radius 2 is 2.05 bits per heavy atom. The first-order valence-electron chi connectivity index (χ1n) is 8.12. The molecule has 1 heterocycles. The molecular weight excluding hydrogens is 276 g/mol. The Labute approximate surface area is 130 Å². The van der Waals surface area contributed by atoms with E-state index in [9.17, 15) is 9.90 Å². The van der Waals surface area contributed by atoms with Gasteiger partial charge in [0.2, 0.25) is 0 Å². The van der Waals surface area contributed by atoms with Crippen LogP contribution in [0.2, 0.25) is 0 Å². The third-order valence-corrected chi connectivity index (χ3v) is 4.86. The zero-order valence-corrected chi connectivity index (χ0v) is 13.3. The van der Waals surface area contributed by atoms with Gasteiger partial charge in [-0.15, -0.1) is 0 Å². The lowest BCUT2D eigenvalue weighted by Gasteiger charge is -2.27. The average molecular weight is 300 g/mol. The number of aromatic carboxylic acids is 1. The first-order chi connectivity index (χ1) is 10.5. The highest BCUT2D eigenvalue weighted by Crippen LogP contribution is 2.26. The SMILES string of the molecule is Cc1ccc2c(CNC3CCC(C)CC3)c(C(=O)O)[nH]c2c1. The van der Waals surface area contributed by atoms with Gasteiger partial charge in [0.05, 0.1) is 0 Å². The minimum atomic E-state index is -0.886. The zero-order valence-electron chi connectivity index (χ0n) is 13.3. The number of fused-ring (bicyclic) bond motifs is 1. The molecule has 0 atom stereocenters. The second-order valence-corrected chi connectivity index (χ2v) is 6.67. The summed E-state index contributed by atoms with van der Waals surface area (Å²) in [6.45, 7) is 4.94. The second kappa shape index (κ2) is 6.13. The summed E-state index contributed by atoms with van der Waals surface area (Å²) < 4.78 is 0. The van der Waals surface area contributed by atoms with Crippen LogP contribution < -0.4 is 5.32 Å². The molecule has 1 aromatic heterocycles. The largest absolute Gasteiger partial charge is 0.477 e. The number of aromatic amines is 1. The third kappa shape index (κ3) is 3.02. The summed E-state index contributed by atoms with van der Waals surface area (Å²) >= 11 is 0. The van der Waals surface area contributed by atoms with Gasteiger partial charge in [-0.2, -0.15) is 0 Å². The molecule has 118 valence electrons. The molecule has 1 aliphatic carbocycles. The molecule has 1 aliphatic rings. The molecule has 2 aromatic rings. The molecule has 0 radical (unpaired) electrons. The first-order valence-corrected chi connectivity index (χ1v) is 8.12. The standard InChI is InChI=1S/C18H24N2O2/c1-11-3-6-13(7-4-11)19-10-15-14-8-5-12(2)9-16(14)20-17(15)18(21)22/h5,8-9,11,13,19-20H,3-4,6-7,10H2,1-2H3,(H,21,22). The van der Waals surface area contributed by atoms with Gasteiger partial charge in [-0.05, 0) is 50.2 Å². The van der Waals surface area contributed by atoms with E-state index >= 15 is 0 Å². The van der Waals surface area contributed by atoms with Crippen LogP contribution in [-0.4, -0.2) is 22.1 Å². The fraction of sp³-hybridized carbons (Fsp3) is 0.500. The van der Waals surface area contributed by atoms with Gasteiger partial charge in [0.15, 0.2) is 0 Å². The maximum Gasteiger partial charge on any atom is 0.352 e. The Balaban J connectivity index is 1.82. The molecule has 4 nitrogen and oxygen atoms in total. The molecule has 0 bridgehead atoms. The van der Waals surface area contributed by atoms with E-state index < -0.39 is 5.97 Å². The highest BCUT2D eigenvalue weighted by Gasteiger charge is 2.21. The predicted octanol–water partition coefficient (Wildman–Crippen LogP) is 3.84. The lowest BCUT2D eigenvalue weighted by Crippen LogP contribution is -2.32. The van der Waals surface area contributed by atoms with Crippen molar-refractivity contribution in [2.75, 3.05) is 0 Å². The van der Waals surface area contributed by atoms with E-state index in [1.807, 2.05) is 25.1 Å². The van der Waals surface area contributed by atoms with Crippen LogP contribution in [0, 0.1) is 12.8 Å². The van der Waals surface area contributed by atoms with Crippen molar-refractivity contribution in [2.24, 2.45) is 5.92 Å². The molecule has 4 heteroatoms. The van der Waals surface area contributed by atoms with Crippen molar-refractivity contribution in [3.05, 3.63) is 35.0 Å². The van der Waals surface area contributed by atoms with Crippen LogP contribution in [0.5, 0.6) is 0 Å². The van der Waals surface area contributed by atoms with E-state index in [0.717, 1.165) is 27.9 Å².